The molecule has 0 amide bonds. The van der Waals surface area contributed by atoms with Gasteiger partial charge in [-0.05, 0) is 20.3 Å². The number of fused-ring (bicyclic) bond motifs is 1. The number of aromatic nitrogens is 2. The van der Waals surface area contributed by atoms with Crippen molar-refractivity contribution in [3.8, 4) is 0 Å². The van der Waals surface area contributed by atoms with Gasteiger partial charge in [0.1, 0.15) is 0 Å². The molecule has 0 saturated heterocycles. The first kappa shape index (κ1) is 9.71. The standard InChI is InChI=1S/C11H19N3/c1-4-11(2,3)14-8-13-9-5-6-12-7-10(9)14/h8,12H,4-7H2,1-3H3. The lowest BCUT2D eigenvalue weighted by Crippen LogP contribution is -2.31. The summed E-state index contributed by atoms with van der Waals surface area (Å²) in [7, 11) is 0. The Balaban J connectivity index is 2.39. The fraction of sp³-hybridized carbons (Fsp3) is 0.727. The summed E-state index contributed by atoms with van der Waals surface area (Å²) < 4.78 is 2.33. The molecule has 14 heavy (non-hydrogen) atoms. The predicted octanol–water partition coefficient (Wildman–Crippen LogP) is 1.67. The molecule has 2 heterocycles. The van der Waals surface area contributed by atoms with Crippen LogP contribution in [0.2, 0.25) is 0 Å². The van der Waals surface area contributed by atoms with Crippen molar-refractivity contribution in [1.82, 2.24) is 14.9 Å². The van der Waals surface area contributed by atoms with Crippen LogP contribution in [0.5, 0.6) is 0 Å². The lowest BCUT2D eigenvalue weighted by atomic mass is 10.0. The van der Waals surface area contributed by atoms with Crippen molar-refractivity contribution in [3.63, 3.8) is 0 Å². The number of nitrogens with zero attached hydrogens (tertiary/aromatic N) is 2. The zero-order chi connectivity index (χ0) is 10.2. The molecule has 1 aromatic rings. The summed E-state index contributed by atoms with van der Waals surface area (Å²) in [4.78, 5) is 4.49. The van der Waals surface area contributed by atoms with Gasteiger partial charge >= 0.3 is 0 Å². The second-order valence-electron chi connectivity index (χ2n) is 4.60. The summed E-state index contributed by atoms with van der Waals surface area (Å²) in [5.41, 5.74) is 2.85. The second kappa shape index (κ2) is 3.39. The molecule has 3 nitrogen and oxygen atoms in total. The minimum absolute atomic E-state index is 0.194. The highest BCUT2D eigenvalue weighted by Crippen LogP contribution is 2.24. The first-order valence-corrected chi connectivity index (χ1v) is 5.41. The van der Waals surface area contributed by atoms with E-state index in [0.717, 1.165) is 25.9 Å². The van der Waals surface area contributed by atoms with Crippen LogP contribution in [-0.4, -0.2) is 16.1 Å². The van der Waals surface area contributed by atoms with Gasteiger partial charge in [0.15, 0.2) is 0 Å². The van der Waals surface area contributed by atoms with Crippen LogP contribution in [0.4, 0.5) is 0 Å². The van der Waals surface area contributed by atoms with Gasteiger partial charge in [-0.3, -0.25) is 0 Å². The lowest BCUT2D eigenvalue weighted by Gasteiger charge is -2.28. The van der Waals surface area contributed by atoms with Gasteiger partial charge in [-0.25, -0.2) is 4.98 Å². The smallest absolute Gasteiger partial charge is 0.0957 e. The molecule has 0 radical (unpaired) electrons. The van der Waals surface area contributed by atoms with Gasteiger partial charge in [-0.1, -0.05) is 6.92 Å². The van der Waals surface area contributed by atoms with Gasteiger partial charge in [0, 0.05) is 25.0 Å². The van der Waals surface area contributed by atoms with Crippen LogP contribution >= 0.6 is 0 Å². The van der Waals surface area contributed by atoms with Crippen molar-refractivity contribution < 1.29 is 0 Å². The Bertz CT molecular complexity index is 325. The maximum absolute atomic E-state index is 4.49. The summed E-state index contributed by atoms with van der Waals surface area (Å²) in [6, 6.07) is 0. The van der Waals surface area contributed by atoms with E-state index in [1.165, 1.54) is 11.4 Å². The van der Waals surface area contributed by atoms with Crippen LogP contribution in [0.15, 0.2) is 6.33 Å². The summed E-state index contributed by atoms with van der Waals surface area (Å²) in [6.45, 7) is 8.80. The largest absolute Gasteiger partial charge is 0.328 e. The minimum Gasteiger partial charge on any atom is -0.328 e. The van der Waals surface area contributed by atoms with Gasteiger partial charge in [-0.15, -0.1) is 0 Å². The Morgan fingerprint density at radius 1 is 1.57 bits per heavy atom. The zero-order valence-corrected chi connectivity index (χ0v) is 9.30. The number of hydrogen-bond donors (Lipinski definition) is 1. The maximum atomic E-state index is 4.49. The van der Waals surface area contributed by atoms with Crippen molar-refractivity contribution in [2.75, 3.05) is 6.54 Å². The Morgan fingerprint density at radius 3 is 3.07 bits per heavy atom. The Kier molecular flexibility index (Phi) is 2.35. The van der Waals surface area contributed by atoms with E-state index in [1.54, 1.807) is 0 Å². The maximum Gasteiger partial charge on any atom is 0.0957 e. The first-order valence-electron chi connectivity index (χ1n) is 5.41. The van der Waals surface area contributed by atoms with Gasteiger partial charge in [0.05, 0.1) is 17.7 Å². The van der Waals surface area contributed by atoms with Crippen molar-refractivity contribution in [2.45, 2.75) is 45.7 Å². The van der Waals surface area contributed by atoms with Crippen LogP contribution in [0.25, 0.3) is 0 Å². The van der Waals surface area contributed by atoms with Crippen LogP contribution in [0.3, 0.4) is 0 Å². The summed E-state index contributed by atoms with van der Waals surface area (Å²) in [5, 5.41) is 3.40. The number of imidazole rings is 1. The van der Waals surface area contributed by atoms with E-state index in [9.17, 15) is 0 Å². The van der Waals surface area contributed by atoms with E-state index in [2.05, 4.69) is 35.6 Å². The van der Waals surface area contributed by atoms with Crippen molar-refractivity contribution in [2.24, 2.45) is 0 Å². The summed E-state index contributed by atoms with van der Waals surface area (Å²) in [6.07, 6.45) is 4.21. The minimum atomic E-state index is 0.194. The van der Waals surface area contributed by atoms with E-state index >= 15 is 0 Å². The highest BCUT2D eigenvalue weighted by Gasteiger charge is 2.24. The van der Waals surface area contributed by atoms with Gasteiger partial charge in [0.25, 0.3) is 0 Å². The number of rotatable bonds is 2. The van der Waals surface area contributed by atoms with Crippen molar-refractivity contribution in [1.29, 1.82) is 0 Å². The van der Waals surface area contributed by atoms with Crippen LogP contribution < -0.4 is 5.32 Å². The third-order valence-corrected chi connectivity index (χ3v) is 3.30. The fourth-order valence-corrected chi connectivity index (χ4v) is 1.91. The normalized spacial score (nSPS) is 16.8. The molecule has 0 spiro atoms. The van der Waals surface area contributed by atoms with Crippen LogP contribution in [-0.2, 0) is 18.5 Å². The highest BCUT2D eigenvalue weighted by molar-refractivity contribution is 5.18. The Morgan fingerprint density at radius 2 is 2.36 bits per heavy atom. The number of nitrogens with one attached hydrogen (secondary N) is 1. The molecule has 78 valence electrons. The molecule has 0 bridgehead atoms. The summed E-state index contributed by atoms with van der Waals surface area (Å²) in [5.74, 6) is 0. The van der Waals surface area contributed by atoms with E-state index in [1.807, 2.05) is 6.33 Å². The third-order valence-electron chi connectivity index (χ3n) is 3.30. The topological polar surface area (TPSA) is 29.9 Å². The molecule has 0 fully saturated rings. The van der Waals surface area contributed by atoms with Gasteiger partial charge in [-0.2, -0.15) is 0 Å². The summed E-state index contributed by atoms with van der Waals surface area (Å²) >= 11 is 0. The molecule has 1 aromatic heterocycles. The van der Waals surface area contributed by atoms with Gasteiger partial charge in [0.2, 0.25) is 0 Å². The molecule has 0 unspecified atom stereocenters. The monoisotopic (exact) mass is 193 g/mol. The molecule has 3 heteroatoms. The van der Waals surface area contributed by atoms with E-state index in [4.69, 9.17) is 0 Å². The van der Waals surface area contributed by atoms with Crippen molar-refractivity contribution in [3.05, 3.63) is 17.7 Å². The van der Waals surface area contributed by atoms with Crippen molar-refractivity contribution >= 4 is 0 Å². The van der Waals surface area contributed by atoms with E-state index < -0.39 is 0 Å². The molecule has 2 rings (SSSR count). The lowest BCUT2D eigenvalue weighted by molar-refractivity contribution is 0.327. The Labute approximate surface area is 85.5 Å². The average Bonchev–Trinajstić information content (AvgIpc) is 2.61. The van der Waals surface area contributed by atoms with Crippen LogP contribution in [0, 0.1) is 0 Å². The molecule has 1 aliphatic rings. The van der Waals surface area contributed by atoms with E-state index in [-0.39, 0.29) is 5.54 Å². The molecular formula is C11H19N3. The quantitative estimate of drug-likeness (QED) is 0.774. The fourth-order valence-electron chi connectivity index (χ4n) is 1.91. The Hall–Kier alpha value is -0.830. The molecule has 0 atom stereocenters. The zero-order valence-electron chi connectivity index (χ0n) is 9.30. The SMILES string of the molecule is CCC(C)(C)n1cnc2c1CNCC2. The van der Waals surface area contributed by atoms with E-state index in [0.29, 0.717) is 0 Å². The predicted molar refractivity (Wildman–Crippen MR) is 57.3 cm³/mol. The molecule has 0 aliphatic carbocycles. The van der Waals surface area contributed by atoms with Gasteiger partial charge < -0.3 is 9.88 Å². The third kappa shape index (κ3) is 1.46. The molecule has 0 aromatic carbocycles. The molecule has 0 saturated carbocycles. The second-order valence-corrected chi connectivity index (χ2v) is 4.60. The first-order chi connectivity index (χ1) is 6.65. The number of hydrogen-bond acceptors (Lipinski definition) is 2. The van der Waals surface area contributed by atoms with Crippen LogP contribution in [0.1, 0.15) is 38.6 Å². The molecule has 1 N–H and O–H groups in total. The average molecular weight is 193 g/mol. The molecule has 1 aliphatic heterocycles. The molecular weight excluding hydrogens is 174 g/mol. The highest BCUT2D eigenvalue weighted by atomic mass is 15.1.